The molecule has 0 saturated heterocycles. The van der Waals surface area contributed by atoms with E-state index in [0.717, 1.165) is 18.2 Å². The van der Waals surface area contributed by atoms with Crippen LogP contribution in [0.2, 0.25) is 0 Å². The van der Waals surface area contributed by atoms with Gasteiger partial charge in [0.05, 0.1) is 12.0 Å². The van der Waals surface area contributed by atoms with Crippen LogP contribution in [0.5, 0.6) is 0 Å². The summed E-state index contributed by atoms with van der Waals surface area (Å²) in [5.41, 5.74) is 1.42. The quantitative estimate of drug-likeness (QED) is 0.401. The van der Waals surface area contributed by atoms with E-state index in [2.05, 4.69) is 16.0 Å². The zero-order valence-electron chi connectivity index (χ0n) is 8.65. The van der Waals surface area contributed by atoms with Crippen molar-refractivity contribution in [1.82, 2.24) is 0 Å². The molecule has 0 radical (unpaired) electrons. The lowest BCUT2D eigenvalue weighted by molar-refractivity contribution is 0.343. The number of hydrogen-bond acceptors (Lipinski definition) is 4. The summed E-state index contributed by atoms with van der Waals surface area (Å²) in [4.78, 5) is 0. The Morgan fingerprint density at radius 1 is 1.50 bits per heavy atom. The van der Waals surface area contributed by atoms with Crippen LogP contribution in [0.1, 0.15) is 20.3 Å². The molecule has 0 fully saturated rings. The van der Waals surface area contributed by atoms with Crippen molar-refractivity contribution in [3.8, 4) is 0 Å². The molecule has 0 aliphatic rings. The highest BCUT2D eigenvalue weighted by Crippen LogP contribution is 1.98. The fraction of sp³-hybridized carbons (Fsp3) is 0.444. The van der Waals surface area contributed by atoms with Crippen LogP contribution in [0.25, 0.3) is 0 Å². The molecule has 4 nitrogen and oxygen atoms in total. The van der Waals surface area contributed by atoms with Crippen molar-refractivity contribution in [3.63, 3.8) is 0 Å². The lowest BCUT2D eigenvalue weighted by atomic mass is 10.2. The summed E-state index contributed by atoms with van der Waals surface area (Å²) in [5.74, 6) is 0. The highest BCUT2D eigenvalue weighted by Gasteiger charge is 1.98. The Bertz CT molecular complexity index is 352. The molecule has 0 aromatic rings. The Hall–Kier alpha value is -1.10. The molecule has 0 heterocycles. The second-order valence-corrected chi connectivity index (χ2v) is 4.41. The summed E-state index contributed by atoms with van der Waals surface area (Å²) in [7, 11) is -3.51. The molecule has 0 unspecified atom stereocenters. The highest BCUT2D eigenvalue weighted by atomic mass is 32.2. The minimum absolute atomic E-state index is 0.477. The first-order valence-corrected chi connectivity index (χ1v) is 5.96. The summed E-state index contributed by atoms with van der Waals surface area (Å²) >= 11 is 0. The van der Waals surface area contributed by atoms with Gasteiger partial charge in [-0.1, -0.05) is 30.3 Å². The SMILES string of the molecule is C=C(C=CC(C)=NOS(C)(=O)=O)CC. The van der Waals surface area contributed by atoms with Crippen molar-refractivity contribution in [2.24, 2.45) is 5.16 Å². The number of oxime groups is 1. The van der Waals surface area contributed by atoms with Crippen LogP contribution in [0, 0.1) is 0 Å². The Morgan fingerprint density at radius 2 is 2.07 bits per heavy atom. The molecule has 0 aromatic heterocycles. The van der Waals surface area contributed by atoms with E-state index >= 15 is 0 Å². The van der Waals surface area contributed by atoms with Crippen LogP contribution in [0.15, 0.2) is 29.5 Å². The number of hydrogen-bond donors (Lipinski definition) is 0. The molecule has 14 heavy (non-hydrogen) atoms. The van der Waals surface area contributed by atoms with Gasteiger partial charge in [-0.05, 0) is 19.4 Å². The van der Waals surface area contributed by atoms with Crippen LogP contribution in [0.3, 0.4) is 0 Å². The molecule has 0 rings (SSSR count). The normalized spacial score (nSPS) is 13.2. The van der Waals surface area contributed by atoms with Crippen molar-refractivity contribution in [2.45, 2.75) is 20.3 Å². The van der Waals surface area contributed by atoms with Crippen LogP contribution in [0.4, 0.5) is 0 Å². The summed E-state index contributed by atoms with van der Waals surface area (Å²) < 4.78 is 25.4. The van der Waals surface area contributed by atoms with Crippen LogP contribution in [-0.2, 0) is 14.4 Å². The molecule has 0 aliphatic heterocycles. The number of nitrogens with zero attached hydrogens (tertiary/aromatic N) is 1. The highest BCUT2D eigenvalue weighted by molar-refractivity contribution is 7.85. The molecule has 0 amide bonds. The van der Waals surface area contributed by atoms with Gasteiger partial charge in [0.1, 0.15) is 0 Å². The molecule has 0 aliphatic carbocycles. The maximum atomic E-state index is 10.6. The second-order valence-electron chi connectivity index (χ2n) is 2.86. The molecule has 0 atom stereocenters. The monoisotopic (exact) mass is 217 g/mol. The lowest BCUT2D eigenvalue weighted by Gasteiger charge is -1.94. The predicted octanol–water partition coefficient (Wildman–Crippen LogP) is 1.86. The van der Waals surface area contributed by atoms with Crippen LogP contribution < -0.4 is 0 Å². The first-order chi connectivity index (χ1) is 6.35. The van der Waals surface area contributed by atoms with Crippen LogP contribution in [-0.4, -0.2) is 20.4 Å². The predicted molar refractivity (Wildman–Crippen MR) is 57.6 cm³/mol. The average Bonchev–Trinajstić information content (AvgIpc) is 2.09. The third-order valence-corrected chi connectivity index (χ3v) is 1.68. The van der Waals surface area contributed by atoms with Gasteiger partial charge in [0.15, 0.2) is 0 Å². The average molecular weight is 217 g/mol. The van der Waals surface area contributed by atoms with E-state index in [1.165, 1.54) is 0 Å². The Balaban J connectivity index is 4.28. The molecule has 0 spiro atoms. The fourth-order valence-corrected chi connectivity index (χ4v) is 0.766. The molecule has 0 bridgehead atoms. The number of rotatable bonds is 5. The van der Waals surface area contributed by atoms with E-state index in [9.17, 15) is 8.42 Å². The van der Waals surface area contributed by atoms with E-state index < -0.39 is 10.1 Å². The zero-order valence-corrected chi connectivity index (χ0v) is 9.47. The lowest BCUT2D eigenvalue weighted by Crippen LogP contribution is -1.99. The van der Waals surface area contributed by atoms with Crippen molar-refractivity contribution in [1.29, 1.82) is 0 Å². The molecular formula is C9H15NO3S. The fourth-order valence-electron chi connectivity index (χ4n) is 0.513. The Morgan fingerprint density at radius 3 is 2.50 bits per heavy atom. The van der Waals surface area contributed by atoms with Gasteiger partial charge in [-0.3, -0.25) is 4.28 Å². The van der Waals surface area contributed by atoms with Gasteiger partial charge in [-0.25, -0.2) is 0 Å². The van der Waals surface area contributed by atoms with Crippen molar-refractivity contribution >= 4 is 15.8 Å². The summed E-state index contributed by atoms with van der Waals surface area (Å²) in [5, 5.41) is 3.40. The minimum Gasteiger partial charge on any atom is -0.268 e. The second kappa shape index (κ2) is 5.59. The summed E-state index contributed by atoms with van der Waals surface area (Å²) in [6.45, 7) is 7.37. The molecule has 0 N–H and O–H groups in total. The molecule has 5 heteroatoms. The maximum Gasteiger partial charge on any atom is 0.325 e. The summed E-state index contributed by atoms with van der Waals surface area (Å²) in [6.07, 6.45) is 5.21. The first kappa shape index (κ1) is 12.9. The third-order valence-electron chi connectivity index (χ3n) is 1.33. The van der Waals surface area contributed by atoms with E-state index in [4.69, 9.17) is 0 Å². The van der Waals surface area contributed by atoms with Crippen molar-refractivity contribution < 1.29 is 12.7 Å². The first-order valence-electron chi connectivity index (χ1n) is 4.14. The Labute approximate surface area is 85.1 Å². The van der Waals surface area contributed by atoms with Gasteiger partial charge in [-0.2, -0.15) is 8.42 Å². The smallest absolute Gasteiger partial charge is 0.268 e. The minimum atomic E-state index is -3.51. The Kier molecular flexibility index (Phi) is 5.15. The van der Waals surface area contributed by atoms with Crippen molar-refractivity contribution in [2.75, 3.05) is 6.26 Å². The largest absolute Gasteiger partial charge is 0.325 e. The number of allylic oxidation sites excluding steroid dienone is 3. The van der Waals surface area contributed by atoms with E-state index in [1.54, 1.807) is 19.1 Å². The van der Waals surface area contributed by atoms with Gasteiger partial charge in [0.25, 0.3) is 0 Å². The van der Waals surface area contributed by atoms with Gasteiger partial charge in [0.2, 0.25) is 0 Å². The van der Waals surface area contributed by atoms with Crippen molar-refractivity contribution in [3.05, 3.63) is 24.3 Å². The van der Waals surface area contributed by atoms with E-state index in [0.29, 0.717) is 5.71 Å². The van der Waals surface area contributed by atoms with Gasteiger partial charge < -0.3 is 0 Å². The topological polar surface area (TPSA) is 55.7 Å². The third kappa shape index (κ3) is 7.54. The standard InChI is InChI=1S/C9H15NO3S/c1-5-8(2)6-7-9(3)10-13-14(4,11)12/h6-7H,2,5H2,1,3-4H3. The van der Waals surface area contributed by atoms with Gasteiger partial charge in [0, 0.05) is 0 Å². The molecule has 80 valence electrons. The molecule has 0 aromatic carbocycles. The van der Waals surface area contributed by atoms with Gasteiger partial charge in [-0.15, -0.1) is 0 Å². The summed E-state index contributed by atoms with van der Waals surface area (Å²) in [6, 6.07) is 0. The molecule has 0 saturated carbocycles. The van der Waals surface area contributed by atoms with E-state index in [-0.39, 0.29) is 0 Å². The van der Waals surface area contributed by atoms with Gasteiger partial charge >= 0.3 is 10.1 Å². The zero-order chi connectivity index (χ0) is 11.2. The molecular weight excluding hydrogens is 202 g/mol. The maximum absolute atomic E-state index is 10.6. The van der Waals surface area contributed by atoms with E-state index in [1.807, 2.05) is 6.92 Å². The van der Waals surface area contributed by atoms with Crippen LogP contribution >= 0.6 is 0 Å².